The summed E-state index contributed by atoms with van der Waals surface area (Å²) in [6.45, 7) is 6.89. The average molecular weight is 270 g/mol. The molecule has 4 heteroatoms. The maximum atomic E-state index is 11.3. The third-order valence-electron chi connectivity index (χ3n) is 2.00. The summed E-state index contributed by atoms with van der Waals surface area (Å²) >= 11 is 0. The molecule has 0 amide bonds. The Hall–Kier alpha value is -2.88. The van der Waals surface area contributed by atoms with Crippen molar-refractivity contribution in [3.05, 3.63) is 73.9 Å². The van der Waals surface area contributed by atoms with Crippen LogP contribution in [0.4, 0.5) is 0 Å². The molecule has 0 saturated heterocycles. The van der Waals surface area contributed by atoms with Crippen molar-refractivity contribution in [2.24, 2.45) is 0 Å². The molecule has 0 aromatic heterocycles. The molecular formula is C16H14O4. The van der Waals surface area contributed by atoms with E-state index in [-0.39, 0.29) is 0 Å². The van der Waals surface area contributed by atoms with Crippen LogP contribution in [-0.4, -0.2) is 11.9 Å². The summed E-state index contributed by atoms with van der Waals surface area (Å²) in [5.41, 5.74) is 0. The first-order chi connectivity index (χ1) is 9.65. The largest absolute Gasteiger partial charge is 0.423 e. The van der Waals surface area contributed by atoms with Gasteiger partial charge in [0.05, 0.1) is 0 Å². The number of benzene rings is 1. The Morgan fingerprint density at radius 3 is 1.45 bits per heavy atom. The zero-order chi connectivity index (χ0) is 14.8. The predicted octanol–water partition coefficient (Wildman–Crippen LogP) is 2.98. The molecule has 0 saturated carbocycles. The fourth-order valence-electron chi connectivity index (χ4n) is 1.17. The highest BCUT2D eigenvalue weighted by molar-refractivity contribution is 5.85. The van der Waals surface area contributed by atoms with E-state index in [2.05, 4.69) is 13.2 Å². The van der Waals surface area contributed by atoms with Crippen LogP contribution in [0.5, 0.6) is 11.5 Å². The molecular weight excluding hydrogens is 256 g/mol. The summed E-state index contributed by atoms with van der Waals surface area (Å²) in [6, 6.07) is 6.11. The highest BCUT2D eigenvalue weighted by Gasteiger charge is 2.03. The molecule has 0 spiro atoms. The van der Waals surface area contributed by atoms with Gasteiger partial charge in [-0.1, -0.05) is 37.5 Å². The van der Waals surface area contributed by atoms with Crippen LogP contribution in [0.3, 0.4) is 0 Å². The van der Waals surface area contributed by atoms with E-state index in [1.165, 1.54) is 60.7 Å². The van der Waals surface area contributed by atoms with Crippen molar-refractivity contribution in [3.8, 4) is 11.5 Å². The lowest BCUT2D eigenvalue weighted by Crippen LogP contribution is -2.05. The first-order valence-corrected chi connectivity index (χ1v) is 5.77. The number of hydrogen-bond acceptors (Lipinski definition) is 4. The van der Waals surface area contributed by atoms with Crippen LogP contribution in [0.1, 0.15) is 0 Å². The molecule has 0 aliphatic carbocycles. The van der Waals surface area contributed by atoms with E-state index >= 15 is 0 Å². The summed E-state index contributed by atoms with van der Waals surface area (Å²) in [6.07, 6.45) is 8.40. The van der Waals surface area contributed by atoms with Gasteiger partial charge < -0.3 is 9.47 Å². The number of hydrogen-bond donors (Lipinski definition) is 0. The van der Waals surface area contributed by atoms with Gasteiger partial charge in [0.25, 0.3) is 0 Å². The van der Waals surface area contributed by atoms with Gasteiger partial charge in [0.15, 0.2) is 0 Å². The average Bonchev–Trinajstić information content (AvgIpc) is 2.45. The number of allylic oxidation sites excluding steroid dienone is 4. The van der Waals surface area contributed by atoms with E-state index in [4.69, 9.17) is 9.47 Å². The molecule has 0 fully saturated rings. The van der Waals surface area contributed by atoms with Crippen LogP contribution in [0.25, 0.3) is 0 Å². The second-order valence-electron chi connectivity index (χ2n) is 3.50. The van der Waals surface area contributed by atoms with E-state index in [9.17, 15) is 9.59 Å². The highest BCUT2D eigenvalue weighted by atomic mass is 16.5. The van der Waals surface area contributed by atoms with Gasteiger partial charge >= 0.3 is 11.9 Å². The number of ether oxygens (including phenoxy) is 2. The Balaban J connectivity index is 2.60. The third-order valence-corrected chi connectivity index (χ3v) is 2.00. The Kier molecular flexibility index (Phi) is 6.27. The fourth-order valence-corrected chi connectivity index (χ4v) is 1.17. The quantitative estimate of drug-likeness (QED) is 0.345. The van der Waals surface area contributed by atoms with Crippen LogP contribution in [0.15, 0.2) is 73.9 Å². The lowest BCUT2D eigenvalue weighted by Gasteiger charge is -2.03. The zero-order valence-electron chi connectivity index (χ0n) is 10.8. The first kappa shape index (κ1) is 15.2. The topological polar surface area (TPSA) is 52.6 Å². The second-order valence-corrected chi connectivity index (χ2v) is 3.50. The molecule has 1 rings (SSSR count). The molecule has 0 unspecified atom stereocenters. The summed E-state index contributed by atoms with van der Waals surface area (Å²) in [5, 5.41) is 0. The molecule has 0 radical (unpaired) electrons. The first-order valence-electron chi connectivity index (χ1n) is 5.77. The fraction of sp³-hybridized carbons (Fsp3) is 0. The smallest absolute Gasteiger partial charge is 0.336 e. The molecule has 4 nitrogen and oxygen atoms in total. The molecule has 1 aromatic carbocycles. The molecule has 1 aromatic rings. The van der Waals surface area contributed by atoms with Crippen molar-refractivity contribution < 1.29 is 19.1 Å². The van der Waals surface area contributed by atoms with Crippen molar-refractivity contribution >= 4 is 11.9 Å². The van der Waals surface area contributed by atoms with Crippen molar-refractivity contribution in [2.45, 2.75) is 0 Å². The second kappa shape index (κ2) is 8.26. The minimum Gasteiger partial charge on any atom is -0.423 e. The minimum absolute atomic E-state index is 0.352. The Morgan fingerprint density at radius 1 is 0.800 bits per heavy atom. The molecule has 0 N–H and O–H groups in total. The van der Waals surface area contributed by atoms with Crippen molar-refractivity contribution in [3.63, 3.8) is 0 Å². The molecule has 20 heavy (non-hydrogen) atoms. The summed E-state index contributed by atoms with van der Waals surface area (Å²) in [4.78, 5) is 22.6. The van der Waals surface area contributed by atoms with Crippen molar-refractivity contribution in [1.82, 2.24) is 0 Å². The van der Waals surface area contributed by atoms with E-state index in [1.807, 2.05) is 0 Å². The van der Waals surface area contributed by atoms with Crippen LogP contribution in [-0.2, 0) is 9.59 Å². The lowest BCUT2D eigenvalue weighted by atomic mass is 10.3. The molecule has 102 valence electrons. The Labute approximate surface area is 117 Å². The molecule has 0 aliphatic rings. The van der Waals surface area contributed by atoms with Gasteiger partial charge in [-0.15, -0.1) is 0 Å². The minimum atomic E-state index is -0.511. The van der Waals surface area contributed by atoms with Crippen LogP contribution in [0, 0.1) is 0 Å². The summed E-state index contributed by atoms with van der Waals surface area (Å²) in [5.74, 6) is -0.317. The summed E-state index contributed by atoms with van der Waals surface area (Å²) in [7, 11) is 0. The molecule has 0 heterocycles. The number of rotatable bonds is 6. The normalized spacial score (nSPS) is 10.4. The number of esters is 2. The number of carbonyl (C=O) groups is 2. The monoisotopic (exact) mass is 270 g/mol. The molecule has 0 aliphatic heterocycles. The van der Waals surface area contributed by atoms with Crippen LogP contribution < -0.4 is 9.47 Å². The lowest BCUT2D eigenvalue weighted by molar-refractivity contribution is -0.130. The molecule has 0 bridgehead atoms. The van der Waals surface area contributed by atoms with Gasteiger partial charge in [0, 0.05) is 12.2 Å². The van der Waals surface area contributed by atoms with Crippen molar-refractivity contribution in [2.75, 3.05) is 0 Å². The standard InChI is InChI=1S/C16H14O4/c1-3-5-7-15(17)19-13-9-11-14(12-10-13)20-16(18)8-6-4-2/h3-12H,1-2H2. The summed E-state index contributed by atoms with van der Waals surface area (Å²) < 4.78 is 10.0. The van der Waals surface area contributed by atoms with E-state index in [1.54, 1.807) is 0 Å². The van der Waals surface area contributed by atoms with E-state index in [0.29, 0.717) is 11.5 Å². The third kappa shape index (κ3) is 5.64. The van der Waals surface area contributed by atoms with Gasteiger partial charge in [-0.25, -0.2) is 9.59 Å². The van der Waals surface area contributed by atoms with Crippen molar-refractivity contribution in [1.29, 1.82) is 0 Å². The SMILES string of the molecule is C=CC=CC(=O)Oc1ccc(OC(=O)C=CC=C)cc1. The maximum absolute atomic E-state index is 11.3. The predicted molar refractivity (Wildman–Crippen MR) is 76.4 cm³/mol. The van der Waals surface area contributed by atoms with Gasteiger partial charge in [-0.05, 0) is 24.3 Å². The number of carbonyl (C=O) groups excluding carboxylic acids is 2. The molecule has 0 atom stereocenters. The van der Waals surface area contributed by atoms with Crippen LogP contribution >= 0.6 is 0 Å². The Bertz CT molecular complexity index is 499. The zero-order valence-corrected chi connectivity index (χ0v) is 10.8. The van der Waals surface area contributed by atoms with Gasteiger partial charge in [0.1, 0.15) is 11.5 Å². The maximum Gasteiger partial charge on any atom is 0.336 e. The van der Waals surface area contributed by atoms with Gasteiger partial charge in [0.2, 0.25) is 0 Å². The van der Waals surface area contributed by atoms with Gasteiger partial charge in [-0.3, -0.25) is 0 Å². The van der Waals surface area contributed by atoms with Gasteiger partial charge in [-0.2, -0.15) is 0 Å². The van der Waals surface area contributed by atoms with Crippen LogP contribution in [0.2, 0.25) is 0 Å². The Morgan fingerprint density at radius 2 is 1.15 bits per heavy atom. The van der Waals surface area contributed by atoms with E-state index in [0.717, 1.165) is 0 Å². The van der Waals surface area contributed by atoms with E-state index < -0.39 is 11.9 Å². The highest BCUT2D eigenvalue weighted by Crippen LogP contribution is 2.18.